The van der Waals surface area contributed by atoms with Gasteiger partial charge >= 0.3 is 18.9 Å². The predicted octanol–water partition coefficient (Wildman–Crippen LogP) is 2.39. The van der Waals surface area contributed by atoms with Crippen molar-refractivity contribution in [2.45, 2.75) is 13.8 Å². The molecule has 0 atom stereocenters. The van der Waals surface area contributed by atoms with E-state index in [0.29, 0.717) is 0 Å². The molecule has 1 nitrogen and oxygen atoms in total. The van der Waals surface area contributed by atoms with Crippen LogP contribution in [0.4, 0.5) is 0 Å². The first kappa shape index (κ1) is 18.7. The van der Waals surface area contributed by atoms with Crippen molar-refractivity contribution in [3.05, 3.63) is 89.5 Å². The molecule has 0 saturated carbocycles. The van der Waals surface area contributed by atoms with E-state index in [-0.39, 0.29) is 24.4 Å². The Morgan fingerprint density at radius 1 is 0.708 bits per heavy atom. The molecule has 0 aliphatic heterocycles. The van der Waals surface area contributed by atoms with Gasteiger partial charge in [-0.25, -0.2) is 0 Å². The van der Waals surface area contributed by atoms with E-state index in [1.807, 2.05) is 62.4 Å². The molecule has 3 rings (SSSR count). The zero-order valence-corrected chi connectivity index (χ0v) is 15.2. The molecule has 0 aliphatic rings. The fourth-order valence-electron chi connectivity index (χ4n) is 2.68. The van der Waals surface area contributed by atoms with E-state index >= 15 is 0 Å². The summed E-state index contributed by atoms with van der Waals surface area (Å²) >= 11 is 0. The number of hydrogen-bond donors (Lipinski definition) is 0. The number of carbonyl (C=O) groups is 1. The van der Waals surface area contributed by atoms with Crippen LogP contribution in [0.1, 0.15) is 21.5 Å². The molecule has 24 heavy (non-hydrogen) atoms. The molecule has 0 aromatic heterocycles. The van der Waals surface area contributed by atoms with Crippen molar-refractivity contribution in [1.82, 2.24) is 0 Å². The van der Waals surface area contributed by atoms with Gasteiger partial charge in [-0.2, -0.15) is 5.30 Å². The molecule has 0 bridgehead atoms. The Hall–Kier alpha value is -1.64. The number of aryl methyl sites for hydroxylation is 2. The number of rotatable bonds is 4. The third-order valence-electron chi connectivity index (χ3n) is 3.90. The van der Waals surface area contributed by atoms with E-state index in [1.54, 1.807) is 0 Å². The molecule has 0 spiro atoms. The Morgan fingerprint density at radius 2 is 1.25 bits per heavy atom. The van der Waals surface area contributed by atoms with Gasteiger partial charge in [0.25, 0.3) is 0 Å². The van der Waals surface area contributed by atoms with E-state index < -0.39 is 0 Å². The van der Waals surface area contributed by atoms with Crippen LogP contribution in [0.2, 0.25) is 0 Å². The Balaban J connectivity index is 0.00000208. The topological polar surface area (TPSA) is 17.1 Å². The Bertz CT molecular complexity index is 806. The van der Waals surface area contributed by atoms with Crippen molar-refractivity contribution in [1.29, 1.82) is 0 Å². The molecule has 3 aromatic rings. The van der Waals surface area contributed by atoms with Gasteiger partial charge < -0.3 is 13.4 Å². The van der Waals surface area contributed by atoms with Gasteiger partial charge in [-0.3, -0.25) is 0 Å². The maximum atomic E-state index is 12.6. The van der Waals surface area contributed by atoms with Gasteiger partial charge in [0, 0.05) is 5.52 Å². The third kappa shape index (κ3) is 4.25. The van der Waals surface area contributed by atoms with Crippen molar-refractivity contribution in [2.24, 2.45) is 0 Å². The van der Waals surface area contributed by atoms with E-state index in [2.05, 4.69) is 24.3 Å². The molecule has 0 unspecified atom stereocenters. The van der Waals surface area contributed by atoms with Crippen molar-refractivity contribution >= 4 is 19.4 Å². The van der Waals surface area contributed by atoms with Crippen LogP contribution >= 0.6 is 8.58 Å². The standard InChI is InChI=1S/C21H18OP.Li/c1-15-7-6-8-16(2)20(15)21(22)23-19-13-11-18(12-14-19)17-9-4-3-5-10-17;/h3-14H,1-2H3;/q-1;+1. The molecule has 0 amide bonds. The monoisotopic (exact) mass is 324 g/mol. The van der Waals surface area contributed by atoms with Crippen LogP contribution in [0.15, 0.2) is 72.8 Å². The zero-order chi connectivity index (χ0) is 16.2. The smallest absolute Gasteiger partial charge is 0.426 e. The second kappa shape index (κ2) is 8.45. The van der Waals surface area contributed by atoms with Gasteiger partial charge in [-0.1, -0.05) is 72.8 Å². The molecule has 0 fully saturated rings. The first-order chi connectivity index (χ1) is 11.1. The third-order valence-corrected chi connectivity index (χ3v) is 4.88. The molecule has 0 aliphatic carbocycles. The summed E-state index contributed by atoms with van der Waals surface area (Å²) in [4.78, 5) is 12.6. The summed E-state index contributed by atoms with van der Waals surface area (Å²) in [5.41, 5.74) is 5.46. The summed E-state index contributed by atoms with van der Waals surface area (Å²) in [7, 11) is 0.727. The van der Waals surface area contributed by atoms with Gasteiger partial charge in [0.2, 0.25) is 0 Å². The van der Waals surface area contributed by atoms with E-state index in [4.69, 9.17) is 0 Å². The fourth-order valence-corrected chi connectivity index (χ4v) is 3.68. The second-order valence-electron chi connectivity index (χ2n) is 5.60. The quantitative estimate of drug-likeness (QED) is 0.532. The van der Waals surface area contributed by atoms with Crippen LogP contribution in [0.5, 0.6) is 0 Å². The first-order valence-electron chi connectivity index (χ1n) is 7.63. The fraction of sp³-hybridized carbons (Fsp3) is 0.0952. The summed E-state index contributed by atoms with van der Waals surface area (Å²) in [5.74, 6) is 0. The van der Waals surface area contributed by atoms with E-state index in [0.717, 1.165) is 30.6 Å². The Morgan fingerprint density at radius 3 is 1.83 bits per heavy atom. The molecule has 114 valence electrons. The molecule has 3 heteroatoms. The van der Waals surface area contributed by atoms with Crippen molar-refractivity contribution in [3.8, 4) is 11.1 Å². The van der Waals surface area contributed by atoms with E-state index in [9.17, 15) is 4.79 Å². The molecular formula is C21H18LiOP. The second-order valence-corrected chi connectivity index (χ2v) is 6.74. The van der Waals surface area contributed by atoms with Crippen LogP contribution in [0.3, 0.4) is 0 Å². The number of carbonyl (C=O) groups excluding carboxylic acids is 1. The molecule has 0 radical (unpaired) electrons. The maximum Gasteiger partial charge on any atom is 1.00 e. The Labute approximate surface area is 157 Å². The van der Waals surface area contributed by atoms with Gasteiger partial charge in [0.15, 0.2) is 0 Å². The minimum Gasteiger partial charge on any atom is -0.426 e. The van der Waals surface area contributed by atoms with Crippen LogP contribution in [0.25, 0.3) is 11.1 Å². The van der Waals surface area contributed by atoms with Gasteiger partial charge in [0.05, 0.1) is 0 Å². The normalized spacial score (nSPS) is 10.6. The SMILES string of the molecule is Cc1cccc(C)c1C(=O)[P-]c1ccc(-c2ccccc2)cc1.[Li+]. The van der Waals surface area contributed by atoms with Crippen molar-refractivity contribution < 1.29 is 23.7 Å². The zero-order valence-electron chi connectivity index (χ0n) is 14.3. The summed E-state index contributed by atoms with van der Waals surface area (Å²) in [6.07, 6.45) is 0. The maximum absolute atomic E-state index is 12.6. The number of benzene rings is 3. The van der Waals surface area contributed by atoms with Gasteiger partial charge in [-0.15, -0.1) is 0 Å². The summed E-state index contributed by atoms with van der Waals surface area (Å²) in [6, 6.07) is 24.5. The molecular weight excluding hydrogens is 306 g/mol. The minimum absolute atomic E-state index is 0. The van der Waals surface area contributed by atoms with E-state index in [1.165, 1.54) is 11.1 Å². The largest absolute Gasteiger partial charge is 1.00 e. The molecule has 3 aromatic carbocycles. The van der Waals surface area contributed by atoms with Crippen LogP contribution in [0, 0.1) is 13.8 Å². The minimum atomic E-state index is 0. The molecule has 0 heterocycles. The first-order valence-corrected chi connectivity index (χ1v) is 8.52. The van der Waals surface area contributed by atoms with Crippen LogP contribution < -0.4 is 24.2 Å². The predicted molar refractivity (Wildman–Crippen MR) is 98.7 cm³/mol. The summed E-state index contributed by atoms with van der Waals surface area (Å²) < 4.78 is 0. The Kier molecular flexibility index (Phi) is 6.58. The summed E-state index contributed by atoms with van der Waals surface area (Å²) in [6.45, 7) is 3.99. The van der Waals surface area contributed by atoms with Crippen LogP contribution in [-0.2, 0) is 0 Å². The van der Waals surface area contributed by atoms with Crippen LogP contribution in [-0.4, -0.2) is 5.52 Å². The molecule has 0 N–H and O–H groups in total. The number of hydrogen-bond acceptors (Lipinski definition) is 1. The van der Waals surface area contributed by atoms with Gasteiger partial charge in [-0.05, 0) is 41.7 Å². The van der Waals surface area contributed by atoms with Gasteiger partial charge in [0.1, 0.15) is 0 Å². The average molecular weight is 324 g/mol. The summed E-state index contributed by atoms with van der Waals surface area (Å²) in [5, 5.41) is 1.03. The average Bonchev–Trinajstić information content (AvgIpc) is 2.56. The van der Waals surface area contributed by atoms with Crippen molar-refractivity contribution in [2.75, 3.05) is 0 Å². The molecule has 0 saturated heterocycles. The van der Waals surface area contributed by atoms with Crippen molar-refractivity contribution in [3.63, 3.8) is 0 Å².